The van der Waals surface area contributed by atoms with Crippen molar-refractivity contribution in [3.05, 3.63) is 121 Å². The van der Waals surface area contributed by atoms with Crippen molar-refractivity contribution in [3.8, 4) is 16.9 Å². The molecule has 0 atom stereocenters. The molecule has 1 amide bonds. The fourth-order valence-corrected chi connectivity index (χ4v) is 6.23. The summed E-state index contributed by atoms with van der Waals surface area (Å²) in [5.74, 6) is -1.57. The highest BCUT2D eigenvalue weighted by Gasteiger charge is 2.31. The number of aromatic nitrogens is 1. The van der Waals surface area contributed by atoms with Crippen molar-refractivity contribution >= 4 is 72.5 Å². The van der Waals surface area contributed by atoms with Crippen LogP contribution >= 0.6 is 43.5 Å². The molecule has 6 nitrogen and oxygen atoms in total. The molecular weight excluding hydrogens is 727 g/mol. The predicted octanol–water partition coefficient (Wildman–Crippen LogP) is 9.58. The lowest BCUT2D eigenvalue weighted by atomic mass is 9.99. The van der Waals surface area contributed by atoms with Crippen LogP contribution in [-0.4, -0.2) is 23.1 Å². The molecule has 0 aliphatic rings. The van der Waals surface area contributed by atoms with Gasteiger partial charge in [-0.1, -0.05) is 76.9 Å². The van der Waals surface area contributed by atoms with Crippen LogP contribution in [0.1, 0.15) is 44.5 Å². The van der Waals surface area contributed by atoms with Gasteiger partial charge in [-0.3, -0.25) is 4.79 Å². The third kappa shape index (κ3) is 6.59. The third-order valence-electron chi connectivity index (χ3n) is 6.70. The van der Waals surface area contributed by atoms with Crippen LogP contribution in [0.25, 0.3) is 22.0 Å². The summed E-state index contributed by atoms with van der Waals surface area (Å²) < 4.78 is 45.9. The number of H-pyrrole nitrogens is 1. The van der Waals surface area contributed by atoms with E-state index < -0.39 is 23.6 Å². The van der Waals surface area contributed by atoms with Crippen molar-refractivity contribution in [2.75, 3.05) is 0 Å². The van der Waals surface area contributed by atoms with Crippen LogP contribution in [0.4, 0.5) is 13.2 Å². The molecule has 0 saturated carbocycles. The first-order valence-electron chi connectivity index (χ1n) is 13.1. The minimum Gasteiger partial charge on any atom is -0.421 e. The second kappa shape index (κ2) is 13.0. The van der Waals surface area contributed by atoms with Crippen LogP contribution in [0.3, 0.4) is 0 Å². The van der Waals surface area contributed by atoms with Crippen LogP contribution in [0.2, 0.25) is 5.02 Å². The number of alkyl halides is 3. The van der Waals surface area contributed by atoms with Gasteiger partial charge in [-0.15, -0.1) is 0 Å². The molecule has 5 aromatic rings. The second-order valence-corrected chi connectivity index (χ2v) is 11.7. The van der Waals surface area contributed by atoms with E-state index in [-0.39, 0.29) is 22.6 Å². The summed E-state index contributed by atoms with van der Waals surface area (Å²) in [5, 5.41) is 5.39. The molecular formula is C32H21Br2ClF3N3O3. The molecule has 12 heteroatoms. The van der Waals surface area contributed by atoms with E-state index in [0.29, 0.717) is 31.2 Å². The Hall–Kier alpha value is -3.93. The minimum absolute atomic E-state index is 0.0106. The molecule has 0 fully saturated rings. The van der Waals surface area contributed by atoms with Gasteiger partial charge in [0.05, 0.1) is 21.8 Å². The number of rotatable bonds is 7. The molecule has 0 radical (unpaired) electrons. The van der Waals surface area contributed by atoms with Gasteiger partial charge in [0.25, 0.3) is 5.91 Å². The Kier molecular flexibility index (Phi) is 9.28. The Labute approximate surface area is 271 Å². The molecule has 44 heavy (non-hydrogen) atoms. The highest BCUT2D eigenvalue weighted by Crippen LogP contribution is 2.38. The highest BCUT2D eigenvalue weighted by atomic mass is 79.9. The van der Waals surface area contributed by atoms with E-state index in [9.17, 15) is 22.8 Å². The topological polar surface area (TPSA) is 83.5 Å². The Morgan fingerprint density at radius 2 is 1.77 bits per heavy atom. The predicted molar refractivity (Wildman–Crippen MR) is 171 cm³/mol. The summed E-state index contributed by atoms with van der Waals surface area (Å²) in [6.45, 7) is 2.02. The number of nitrogens with zero attached hydrogens (tertiary/aromatic N) is 1. The quantitative estimate of drug-likeness (QED) is 0.0753. The summed E-state index contributed by atoms with van der Waals surface area (Å²) in [4.78, 5) is 29.6. The molecule has 0 spiro atoms. The van der Waals surface area contributed by atoms with E-state index in [1.165, 1.54) is 12.3 Å². The summed E-state index contributed by atoms with van der Waals surface area (Å²) in [5.41, 5.74) is 4.85. The summed E-state index contributed by atoms with van der Waals surface area (Å²) >= 11 is 13.2. The number of carbonyl (C=O) groups excluding carboxylic acids is 2. The Balaban J connectivity index is 1.46. The lowest BCUT2D eigenvalue weighted by molar-refractivity contribution is -0.137. The van der Waals surface area contributed by atoms with E-state index in [4.69, 9.17) is 16.3 Å². The zero-order valence-electron chi connectivity index (χ0n) is 22.7. The number of hydrazone groups is 1. The SMILES string of the molecule is CCc1cccc2c(-c3ccccc3Cl)c(C(=O)NN=Cc3cc(Br)cc(Br)c3OC(=O)c3cccc(C(F)(F)F)c3)[nH]c12. The lowest BCUT2D eigenvalue weighted by Gasteiger charge is -2.12. The third-order valence-corrected chi connectivity index (χ3v) is 8.07. The van der Waals surface area contributed by atoms with E-state index in [0.717, 1.165) is 35.0 Å². The first kappa shape index (κ1) is 31.5. The van der Waals surface area contributed by atoms with Crippen molar-refractivity contribution in [3.63, 3.8) is 0 Å². The van der Waals surface area contributed by atoms with E-state index >= 15 is 0 Å². The maximum atomic E-state index is 13.5. The average molecular weight is 748 g/mol. The van der Waals surface area contributed by atoms with Crippen molar-refractivity contribution in [2.24, 2.45) is 5.10 Å². The standard InChI is InChI=1S/C32H21Br2ClF3N3O3/c1-2-17-7-6-11-23-26(22-10-3-4-12-25(22)35)28(40-27(17)23)30(42)41-39-16-19-14-21(33)15-24(34)29(19)44-31(43)18-8-5-9-20(13-18)32(36,37)38/h3-16,40H,2H2,1H3,(H,41,42). The first-order chi connectivity index (χ1) is 21.0. The van der Waals surface area contributed by atoms with Gasteiger partial charge < -0.3 is 9.72 Å². The Morgan fingerprint density at radius 1 is 1.02 bits per heavy atom. The van der Waals surface area contributed by atoms with Crippen molar-refractivity contribution < 1.29 is 27.5 Å². The number of hydrogen-bond donors (Lipinski definition) is 2. The fourth-order valence-electron chi connectivity index (χ4n) is 4.66. The molecule has 0 bridgehead atoms. The molecule has 0 aliphatic heterocycles. The van der Waals surface area contributed by atoms with Gasteiger partial charge in [0, 0.05) is 37.1 Å². The fraction of sp³-hybridized carbons (Fsp3) is 0.0938. The van der Waals surface area contributed by atoms with Crippen molar-refractivity contribution in [1.29, 1.82) is 0 Å². The molecule has 0 aliphatic carbocycles. The summed E-state index contributed by atoms with van der Waals surface area (Å²) in [6, 6.07) is 20.1. The number of benzene rings is 4. The van der Waals surface area contributed by atoms with Crippen LogP contribution in [0.15, 0.2) is 92.9 Å². The smallest absolute Gasteiger partial charge is 0.416 e. The van der Waals surface area contributed by atoms with Gasteiger partial charge in [0.2, 0.25) is 0 Å². The van der Waals surface area contributed by atoms with Crippen LogP contribution < -0.4 is 10.2 Å². The van der Waals surface area contributed by atoms with Gasteiger partial charge in [-0.2, -0.15) is 18.3 Å². The number of hydrogen-bond acceptors (Lipinski definition) is 4. The maximum absolute atomic E-state index is 13.5. The number of carbonyl (C=O) groups is 2. The molecule has 0 unspecified atom stereocenters. The summed E-state index contributed by atoms with van der Waals surface area (Å²) in [6.07, 6.45) is -2.63. The molecule has 2 N–H and O–H groups in total. The lowest BCUT2D eigenvalue weighted by Crippen LogP contribution is -2.19. The van der Waals surface area contributed by atoms with E-state index in [2.05, 4.69) is 47.4 Å². The van der Waals surface area contributed by atoms with Gasteiger partial charge in [0.1, 0.15) is 5.69 Å². The second-order valence-electron chi connectivity index (χ2n) is 9.52. The van der Waals surface area contributed by atoms with Gasteiger partial charge in [-0.05, 0) is 64.3 Å². The van der Waals surface area contributed by atoms with Crippen molar-refractivity contribution in [2.45, 2.75) is 19.5 Å². The number of halogens is 6. The molecule has 0 saturated heterocycles. The average Bonchev–Trinajstić information content (AvgIpc) is 3.38. The van der Waals surface area contributed by atoms with E-state index in [1.54, 1.807) is 24.3 Å². The van der Waals surface area contributed by atoms with Gasteiger partial charge in [-0.25, -0.2) is 10.2 Å². The van der Waals surface area contributed by atoms with Crippen molar-refractivity contribution in [1.82, 2.24) is 10.4 Å². The minimum atomic E-state index is -4.63. The number of fused-ring (bicyclic) bond motifs is 1. The van der Waals surface area contributed by atoms with Crippen LogP contribution in [-0.2, 0) is 12.6 Å². The van der Waals surface area contributed by atoms with Gasteiger partial charge in [0.15, 0.2) is 5.75 Å². The Morgan fingerprint density at radius 3 is 2.50 bits per heavy atom. The number of esters is 1. The Bertz CT molecular complexity index is 1940. The van der Waals surface area contributed by atoms with Crippen LogP contribution in [0.5, 0.6) is 5.75 Å². The molecule has 1 aromatic heterocycles. The zero-order chi connectivity index (χ0) is 31.6. The number of ether oxygens (including phenoxy) is 1. The number of para-hydroxylation sites is 1. The number of nitrogens with one attached hydrogen (secondary N) is 2. The monoisotopic (exact) mass is 745 g/mol. The first-order valence-corrected chi connectivity index (χ1v) is 15.0. The molecule has 224 valence electrons. The molecule has 5 rings (SSSR count). The number of aryl methyl sites for hydroxylation is 1. The largest absolute Gasteiger partial charge is 0.421 e. The number of aromatic amines is 1. The number of amides is 1. The van der Waals surface area contributed by atoms with Crippen LogP contribution in [0, 0.1) is 0 Å². The zero-order valence-corrected chi connectivity index (χ0v) is 26.7. The summed E-state index contributed by atoms with van der Waals surface area (Å²) in [7, 11) is 0. The maximum Gasteiger partial charge on any atom is 0.416 e. The molecule has 1 heterocycles. The normalized spacial score (nSPS) is 11.7. The van der Waals surface area contributed by atoms with Gasteiger partial charge >= 0.3 is 12.1 Å². The molecule has 4 aromatic carbocycles. The van der Waals surface area contributed by atoms with E-state index in [1.807, 2.05) is 37.3 Å². The highest BCUT2D eigenvalue weighted by molar-refractivity contribution is 9.11.